The third-order valence-electron chi connectivity index (χ3n) is 4.64. The summed E-state index contributed by atoms with van der Waals surface area (Å²) in [5.41, 5.74) is 3.46. The van der Waals surface area contributed by atoms with Crippen molar-refractivity contribution in [3.8, 4) is 0 Å². The van der Waals surface area contributed by atoms with Crippen LogP contribution >= 0.6 is 11.3 Å². The number of nitrogens with one attached hydrogen (secondary N) is 2. The number of aryl methyl sites for hydroxylation is 1. The number of hydrogen-bond donors (Lipinski definition) is 3. The summed E-state index contributed by atoms with van der Waals surface area (Å²) in [5.74, 6) is -2.89. The molecule has 3 N–H and O–H groups in total. The molecule has 0 fully saturated rings. The first-order valence-electron chi connectivity index (χ1n) is 9.01. The summed E-state index contributed by atoms with van der Waals surface area (Å²) in [6.07, 6.45) is 1.20. The van der Waals surface area contributed by atoms with Crippen molar-refractivity contribution in [2.75, 3.05) is 10.9 Å². The van der Waals surface area contributed by atoms with Gasteiger partial charge in [0.1, 0.15) is 17.2 Å². The minimum atomic E-state index is -1.40. The molecule has 158 valence electrons. The van der Waals surface area contributed by atoms with Crippen molar-refractivity contribution in [3.63, 3.8) is 0 Å². The number of carboxylic acid groups (broad SMARTS) is 1. The number of carbonyl (C=O) groups is 1. The standard InChI is InChI=1S/C20H14F2N4O4S/c1-2-26-8-10(19(29)30)17(27)9-6-12(22)13(7-14(9)26)24-25-20-23-18(28)16-11(21)4-3-5-15(16)31-20/h3-8,24H,2H2,1H3,(H,29,30)(H,23,25,28). The van der Waals surface area contributed by atoms with E-state index in [1.54, 1.807) is 13.0 Å². The molecule has 4 aromatic rings. The van der Waals surface area contributed by atoms with Gasteiger partial charge in [0.2, 0.25) is 10.6 Å². The van der Waals surface area contributed by atoms with Gasteiger partial charge in [0.05, 0.1) is 16.6 Å². The Morgan fingerprint density at radius 3 is 2.68 bits per heavy atom. The maximum Gasteiger partial charge on any atom is 0.341 e. The van der Waals surface area contributed by atoms with Crippen molar-refractivity contribution in [3.05, 3.63) is 74.3 Å². The molecule has 0 saturated carbocycles. The molecule has 0 radical (unpaired) electrons. The summed E-state index contributed by atoms with van der Waals surface area (Å²) in [5, 5.41) is 9.09. The molecule has 0 aliphatic carbocycles. The first kappa shape index (κ1) is 20.4. The van der Waals surface area contributed by atoms with Crippen LogP contribution in [0.3, 0.4) is 0 Å². The molecular formula is C20H14F2N4O4S. The maximum absolute atomic E-state index is 14.6. The van der Waals surface area contributed by atoms with Crippen molar-refractivity contribution in [2.45, 2.75) is 13.5 Å². The highest BCUT2D eigenvalue weighted by Gasteiger charge is 2.17. The predicted octanol–water partition coefficient (Wildman–Crippen LogP) is 3.41. The van der Waals surface area contributed by atoms with Gasteiger partial charge in [-0.05, 0) is 31.2 Å². The molecule has 31 heavy (non-hydrogen) atoms. The summed E-state index contributed by atoms with van der Waals surface area (Å²) in [6.45, 7) is 2.09. The van der Waals surface area contributed by atoms with Crippen LogP contribution in [-0.2, 0) is 6.54 Å². The molecule has 2 aromatic heterocycles. The van der Waals surface area contributed by atoms with Gasteiger partial charge in [-0.25, -0.2) is 13.6 Å². The Morgan fingerprint density at radius 1 is 1.19 bits per heavy atom. The Morgan fingerprint density at radius 2 is 1.97 bits per heavy atom. The summed E-state index contributed by atoms with van der Waals surface area (Å²) in [7, 11) is 0. The Balaban J connectivity index is 1.74. The van der Waals surface area contributed by atoms with E-state index in [1.807, 2.05) is 0 Å². The normalized spacial score (nSPS) is 11.1. The number of carboxylic acids is 1. The highest BCUT2D eigenvalue weighted by Crippen LogP contribution is 2.25. The number of fused-ring (bicyclic) bond motifs is 2. The molecule has 0 spiro atoms. The summed E-state index contributed by atoms with van der Waals surface area (Å²) in [4.78, 5) is 39.6. The third kappa shape index (κ3) is 3.59. The van der Waals surface area contributed by atoms with Crippen LogP contribution in [0.25, 0.3) is 21.0 Å². The number of pyridine rings is 1. The number of hydrogen-bond acceptors (Lipinski definition) is 7. The van der Waals surface area contributed by atoms with Gasteiger partial charge >= 0.3 is 5.97 Å². The van der Waals surface area contributed by atoms with Crippen molar-refractivity contribution in [1.82, 2.24) is 9.55 Å². The summed E-state index contributed by atoms with van der Waals surface area (Å²) >= 11 is 0.992. The Bertz CT molecular complexity index is 1480. The van der Waals surface area contributed by atoms with Crippen LogP contribution in [0.15, 0.2) is 46.1 Å². The number of nitrogens with zero attached hydrogens (tertiary/aromatic N) is 2. The minimum absolute atomic E-state index is 0.0574. The van der Waals surface area contributed by atoms with E-state index in [-0.39, 0.29) is 21.6 Å². The molecule has 8 nitrogen and oxygen atoms in total. The van der Waals surface area contributed by atoms with Gasteiger partial charge in [-0.2, -0.15) is 4.98 Å². The minimum Gasteiger partial charge on any atom is -0.477 e. The highest BCUT2D eigenvalue weighted by atomic mass is 32.1. The second-order valence-corrected chi connectivity index (χ2v) is 7.53. The zero-order chi connectivity index (χ0) is 22.3. The summed E-state index contributed by atoms with van der Waals surface area (Å²) < 4.78 is 30.3. The molecule has 0 atom stereocenters. The van der Waals surface area contributed by atoms with Gasteiger partial charge in [-0.15, -0.1) is 0 Å². The predicted molar refractivity (Wildman–Crippen MR) is 114 cm³/mol. The molecule has 0 bridgehead atoms. The first-order valence-corrected chi connectivity index (χ1v) is 9.83. The van der Waals surface area contributed by atoms with Gasteiger partial charge in [0.15, 0.2) is 0 Å². The summed E-state index contributed by atoms with van der Waals surface area (Å²) in [6, 6.07) is 6.48. The van der Waals surface area contributed by atoms with Crippen LogP contribution in [0.4, 0.5) is 19.6 Å². The molecule has 4 rings (SSSR count). The molecular weight excluding hydrogens is 430 g/mol. The molecule has 11 heteroatoms. The van der Waals surface area contributed by atoms with E-state index in [0.717, 1.165) is 23.5 Å². The Kier molecular flexibility index (Phi) is 5.11. The van der Waals surface area contributed by atoms with E-state index >= 15 is 0 Å². The average Bonchev–Trinajstić information content (AvgIpc) is 2.72. The van der Waals surface area contributed by atoms with Crippen LogP contribution in [0, 0.1) is 11.6 Å². The molecule has 0 aliphatic rings. The average molecular weight is 444 g/mol. The van der Waals surface area contributed by atoms with Gasteiger partial charge in [0.25, 0.3) is 5.56 Å². The number of halogens is 2. The highest BCUT2D eigenvalue weighted by molar-refractivity contribution is 7.21. The fourth-order valence-electron chi connectivity index (χ4n) is 3.17. The maximum atomic E-state index is 14.6. The van der Waals surface area contributed by atoms with Crippen LogP contribution in [0.2, 0.25) is 0 Å². The van der Waals surface area contributed by atoms with Crippen LogP contribution < -0.4 is 21.8 Å². The molecule has 0 amide bonds. The lowest BCUT2D eigenvalue weighted by Gasteiger charge is -2.14. The van der Waals surface area contributed by atoms with Crippen LogP contribution in [0.5, 0.6) is 0 Å². The zero-order valence-electron chi connectivity index (χ0n) is 15.9. The number of benzene rings is 2. The zero-order valence-corrected chi connectivity index (χ0v) is 16.7. The third-order valence-corrected chi connectivity index (χ3v) is 5.59. The lowest BCUT2D eigenvalue weighted by molar-refractivity contribution is 0.0695. The Hall–Kier alpha value is -3.86. The van der Waals surface area contributed by atoms with E-state index in [0.29, 0.717) is 16.8 Å². The van der Waals surface area contributed by atoms with Crippen molar-refractivity contribution < 1.29 is 18.7 Å². The lowest BCUT2D eigenvalue weighted by atomic mass is 10.1. The molecule has 0 aliphatic heterocycles. The van der Waals surface area contributed by atoms with Crippen molar-refractivity contribution >= 4 is 49.1 Å². The fourth-order valence-corrected chi connectivity index (χ4v) is 4.04. The van der Waals surface area contributed by atoms with Crippen LogP contribution in [0.1, 0.15) is 17.3 Å². The monoisotopic (exact) mass is 444 g/mol. The molecule has 2 heterocycles. The van der Waals surface area contributed by atoms with E-state index in [9.17, 15) is 28.3 Å². The van der Waals surface area contributed by atoms with E-state index in [1.165, 1.54) is 22.9 Å². The van der Waals surface area contributed by atoms with Crippen molar-refractivity contribution in [1.29, 1.82) is 0 Å². The molecule has 0 saturated heterocycles. The Labute approximate surface area is 176 Å². The van der Waals surface area contributed by atoms with Gasteiger partial charge in [0, 0.05) is 22.8 Å². The SMILES string of the molecule is CCn1cc(C(=O)O)c(=O)c2cc(F)c(NNc3nc(=O)c4c(F)cccc4s3)cc21. The number of anilines is 2. The van der Waals surface area contributed by atoms with E-state index in [2.05, 4.69) is 15.8 Å². The van der Waals surface area contributed by atoms with Crippen molar-refractivity contribution in [2.24, 2.45) is 0 Å². The van der Waals surface area contributed by atoms with Gasteiger partial charge < -0.3 is 9.67 Å². The van der Waals surface area contributed by atoms with E-state index < -0.39 is 34.2 Å². The lowest BCUT2D eigenvalue weighted by Crippen LogP contribution is -2.20. The second-order valence-electron chi connectivity index (χ2n) is 6.50. The second kappa shape index (κ2) is 7.76. The van der Waals surface area contributed by atoms with Crippen LogP contribution in [-0.4, -0.2) is 20.6 Å². The number of rotatable bonds is 5. The quantitative estimate of drug-likeness (QED) is 0.404. The smallest absolute Gasteiger partial charge is 0.341 e. The van der Waals surface area contributed by atoms with E-state index in [4.69, 9.17) is 0 Å². The number of hydrazine groups is 1. The molecule has 2 aromatic carbocycles. The molecule has 0 unspecified atom stereocenters. The van der Waals surface area contributed by atoms with Gasteiger partial charge in [-0.1, -0.05) is 17.4 Å². The largest absolute Gasteiger partial charge is 0.477 e. The number of aromatic carboxylic acids is 1. The van der Waals surface area contributed by atoms with Gasteiger partial charge in [-0.3, -0.25) is 20.4 Å². The number of aromatic nitrogens is 2. The fraction of sp³-hybridized carbons (Fsp3) is 0.100. The topological polar surface area (TPSA) is 113 Å². The first-order chi connectivity index (χ1) is 14.8.